The van der Waals surface area contributed by atoms with Crippen LogP contribution >= 0.6 is 0 Å². The van der Waals surface area contributed by atoms with Crippen molar-refractivity contribution in [2.24, 2.45) is 5.11 Å². The summed E-state index contributed by atoms with van der Waals surface area (Å²) in [6.07, 6.45) is 2.20. The van der Waals surface area contributed by atoms with E-state index in [0.29, 0.717) is 13.0 Å². The SMILES string of the molecule is [N-]=[N+]=NCCCCCF. The first-order chi connectivity index (χ1) is 4.41. The lowest BCUT2D eigenvalue weighted by Gasteiger charge is -1.89. The molecule has 0 aliphatic rings. The Morgan fingerprint density at radius 1 is 1.33 bits per heavy atom. The Kier molecular flexibility index (Phi) is 6.63. The van der Waals surface area contributed by atoms with Crippen LogP contribution in [0.5, 0.6) is 0 Å². The summed E-state index contributed by atoms with van der Waals surface area (Å²) in [4.78, 5) is 2.56. The molecule has 0 aliphatic carbocycles. The molecule has 0 atom stereocenters. The smallest absolute Gasteiger partial charge is 0.0894 e. The zero-order chi connectivity index (χ0) is 6.95. The molecule has 0 amide bonds. The van der Waals surface area contributed by atoms with E-state index in [-0.39, 0.29) is 6.67 Å². The third-order valence-corrected chi connectivity index (χ3v) is 0.955. The number of halogens is 1. The van der Waals surface area contributed by atoms with Gasteiger partial charge in [0.05, 0.1) is 6.67 Å². The summed E-state index contributed by atoms with van der Waals surface area (Å²) >= 11 is 0. The van der Waals surface area contributed by atoms with E-state index in [0.717, 1.165) is 12.8 Å². The number of rotatable bonds is 5. The molecule has 0 aromatic carbocycles. The molecule has 3 nitrogen and oxygen atoms in total. The van der Waals surface area contributed by atoms with Gasteiger partial charge in [-0.05, 0) is 18.4 Å². The van der Waals surface area contributed by atoms with Gasteiger partial charge in [0.1, 0.15) is 0 Å². The van der Waals surface area contributed by atoms with Crippen LogP contribution in [-0.4, -0.2) is 13.2 Å². The number of alkyl halides is 1. The molecule has 0 aromatic rings. The summed E-state index contributed by atoms with van der Waals surface area (Å²) in [6, 6.07) is 0. The van der Waals surface area contributed by atoms with Crippen LogP contribution in [0, 0.1) is 0 Å². The van der Waals surface area contributed by atoms with Gasteiger partial charge in [0, 0.05) is 11.5 Å². The fourth-order valence-corrected chi connectivity index (χ4v) is 0.499. The average Bonchev–Trinajstić information content (AvgIpc) is 1.89. The van der Waals surface area contributed by atoms with Crippen molar-refractivity contribution >= 4 is 0 Å². The third-order valence-electron chi connectivity index (χ3n) is 0.955. The quantitative estimate of drug-likeness (QED) is 0.238. The zero-order valence-electron chi connectivity index (χ0n) is 5.26. The van der Waals surface area contributed by atoms with Gasteiger partial charge in [0.25, 0.3) is 0 Å². The Balaban J connectivity index is 2.82. The van der Waals surface area contributed by atoms with Crippen molar-refractivity contribution in [1.82, 2.24) is 0 Å². The van der Waals surface area contributed by atoms with Crippen molar-refractivity contribution in [3.8, 4) is 0 Å². The van der Waals surface area contributed by atoms with E-state index in [9.17, 15) is 4.39 Å². The molecule has 0 rings (SSSR count). The first kappa shape index (κ1) is 8.24. The monoisotopic (exact) mass is 131 g/mol. The molecule has 0 heterocycles. The number of hydrogen-bond acceptors (Lipinski definition) is 1. The summed E-state index contributed by atoms with van der Waals surface area (Å²) in [6.45, 7) is 0.229. The second-order valence-corrected chi connectivity index (χ2v) is 1.70. The van der Waals surface area contributed by atoms with Gasteiger partial charge in [0.2, 0.25) is 0 Å². The first-order valence-electron chi connectivity index (χ1n) is 2.98. The van der Waals surface area contributed by atoms with Crippen LogP contribution in [0.2, 0.25) is 0 Å². The maximum Gasteiger partial charge on any atom is 0.0894 e. The van der Waals surface area contributed by atoms with Gasteiger partial charge in [-0.1, -0.05) is 11.5 Å². The van der Waals surface area contributed by atoms with E-state index in [1.54, 1.807) is 0 Å². The minimum Gasteiger partial charge on any atom is -0.251 e. The van der Waals surface area contributed by atoms with Crippen LogP contribution < -0.4 is 0 Å². The van der Waals surface area contributed by atoms with Crippen LogP contribution in [0.25, 0.3) is 10.4 Å². The van der Waals surface area contributed by atoms with Gasteiger partial charge in [-0.2, -0.15) is 0 Å². The van der Waals surface area contributed by atoms with Gasteiger partial charge >= 0.3 is 0 Å². The predicted octanol–water partition coefficient (Wildman–Crippen LogP) is 2.44. The summed E-state index contributed by atoms with van der Waals surface area (Å²) in [5.41, 5.74) is 7.81. The Hall–Kier alpha value is -0.760. The molecule has 0 saturated carbocycles. The summed E-state index contributed by atoms with van der Waals surface area (Å²) < 4.78 is 11.4. The highest BCUT2D eigenvalue weighted by Gasteiger charge is 1.84. The minimum absolute atomic E-state index is 0.268. The first-order valence-corrected chi connectivity index (χ1v) is 2.98. The molecule has 9 heavy (non-hydrogen) atoms. The van der Waals surface area contributed by atoms with Crippen molar-refractivity contribution in [2.45, 2.75) is 19.3 Å². The number of unbranched alkanes of at least 4 members (excludes halogenated alkanes) is 2. The molecular weight excluding hydrogens is 121 g/mol. The van der Waals surface area contributed by atoms with Crippen LogP contribution in [0.1, 0.15) is 19.3 Å². The lowest BCUT2D eigenvalue weighted by atomic mass is 10.2. The molecule has 0 N–H and O–H groups in total. The highest BCUT2D eigenvalue weighted by molar-refractivity contribution is 4.47. The van der Waals surface area contributed by atoms with Gasteiger partial charge in [-0.15, -0.1) is 0 Å². The molecule has 4 heteroatoms. The van der Waals surface area contributed by atoms with E-state index in [1.807, 2.05) is 0 Å². The molecule has 52 valence electrons. The van der Waals surface area contributed by atoms with Crippen LogP contribution in [0.3, 0.4) is 0 Å². The van der Waals surface area contributed by atoms with Gasteiger partial charge in [-0.25, -0.2) is 0 Å². The van der Waals surface area contributed by atoms with E-state index in [1.165, 1.54) is 0 Å². The molecule has 0 radical (unpaired) electrons. The van der Waals surface area contributed by atoms with E-state index < -0.39 is 0 Å². The minimum atomic E-state index is -0.268. The fraction of sp³-hybridized carbons (Fsp3) is 1.00. The average molecular weight is 131 g/mol. The normalized spacial score (nSPS) is 8.56. The Morgan fingerprint density at radius 2 is 2.11 bits per heavy atom. The maximum absolute atomic E-state index is 11.4. The largest absolute Gasteiger partial charge is 0.251 e. The second kappa shape index (κ2) is 7.24. The van der Waals surface area contributed by atoms with E-state index in [2.05, 4.69) is 10.0 Å². The van der Waals surface area contributed by atoms with E-state index >= 15 is 0 Å². The molecule has 0 spiro atoms. The van der Waals surface area contributed by atoms with Gasteiger partial charge < -0.3 is 0 Å². The van der Waals surface area contributed by atoms with Crippen molar-refractivity contribution in [2.75, 3.05) is 13.2 Å². The van der Waals surface area contributed by atoms with Crippen molar-refractivity contribution in [1.29, 1.82) is 0 Å². The third kappa shape index (κ3) is 7.24. The summed E-state index contributed by atoms with van der Waals surface area (Å²) in [5, 5.41) is 3.30. The van der Waals surface area contributed by atoms with Crippen molar-refractivity contribution in [3.63, 3.8) is 0 Å². The molecule has 0 unspecified atom stereocenters. The second-order valence-electron chi connectivity index (χ2n) is 1.70. The Bertz CT molecular complexity index is 98.4. The zero-order valence-corrected chi connectivity index (χ0v) is 5.26. The van der Waals surface area contributed by atoms with Crippen LogP contribution in [0.4, 0.5) is 4.39 Å². The molecule has 0 fully saturated rings. The lowest BCUT2D eigenvalue weighted by molar-refractivity contribution is 0.457. The van der Waals surface area contributed by atoms with Gasteiger partial charge in [0.15, 0.2) is 0 Å². The van der Waals surface area contributed by atoms with Crippen molar-refractivity contribution < 1.29 is 4.39 Å². The lowest BCUT2D eigenvalue weighted by Crippen LogP contribution is -1.81. The molecule has 0 saturated heterocycles. The van der Waals surface area contributed by atoms with E-state index in [4.69, 9.17) is 5.53 Å². The molecular formula is C5H10FN3. The highest BCUT2D eigenvalue weighted by atomic mass is 19.1. The highest BCUT2D eigenvalue weighted by Crippen LogP contribution is 1.95. The Labute approximate surface area is 53.5 Å². The van der Waals surface area contributed by atoms with Crippen LogP contribution in [0.15, 0.2) is 5.11 Å². The molecule has 0 aromatic heterocycles. The topological polar surface area (TPSA) is 48.8 Å². The predicted molar refractivity (Wildman–Crippen MR) is 33.8 cm³/mol. The summed E-state index contributed by atoms with van der Waals surface area (Å²) in [5.74, 6) is 0. The molecule has 0 aliphatic heterocycles. The standard InChI is InChI=1S/C5H10FN3/c6-4-2-1-3-5-8-9-7/h1-5H2. The summed E-state index contributed by atoms with van der Waals surface area (Å²) in [7, 11) is 0. The molecule has 0 bridgehead atoms. The number of azide groups is 1. The maximum atomic E-state index is 11.4. The number of nitrogens with zero attached hydrogens (tertiary/aromatic N) is 3. The number of hydrogen-bond donors (Lipinski definition) is 0. The van der Waals surface area contributed by atoms with Crippen LogP contribution in [-0.2, 0) is 0 Å². The van der Waals surface area contributed by atoms with Crippen molar-refractivity contribution in [3.05, 3.63) is 10.4 Å². The van der Waals surface area contributed by atoms with Gasteiger partial charge in [-0.3, -0.25) is 4.39 Å². The fourth-order valence-electron chi connectivity index (χ4n) is 0.499. The Morgan fingerprint density at radius 3 is 2.67 bits per heavy atom.